The second-order valence-electron chi connectivity index (χ2n) is 5.69. The molecule has 0 saturated carbocycles. The summed E-state index contributed by atoms with van der Waals surface area (Å²) in [6.45, 7) is -2.79. The van der Waals surface area contributed by atoms with E-state index in [0.29, 0.717) is 4.68 Å². The second kappa shape index (κ2) is 9.60. The van der Waals surface area contributed by atoms with Crippen LogP contribution in [0.4, 0.5) is 27.6 Å². The number of amides is 2. The van der Waals surface area contributed by atoms with Gasteiger partial charge in [0, 0.05) is 22.6 Å². The van der Waals surface area contributed by atoms with Gasteiger partial charge in [0.05, 0.1) is 11.3 Å². The molecule has 7 nitrogen and oxygen atoms in total. The molecule has 14 heteroatoms. The van der Waals surface area contributed by atoms with Crippen LogP contribution < -0.4 is 15.4 Å². The van der Waals surface area contributed by atoms with Crippen LogP contribution >= 0.6 is 27.5 Å². The summed E-state index contributed by atoms with van der Waals surface area (Å²) in [7, 11) is 1.34. The quantitative estimate of drug-likeness (QED) is 0.539. The molecule has 0 radical (unpaired) electrons. The molecule has 0 aliphatic rings. The summed E-state index contributed by atoms with van der Waals surface area (Å²) in [6.07, 6.45) is -7.64. The fraction of sp³-hybridized carbons (Fsp3) is 0.312. The standard InChI is InChI=1S/C16H13BrClF5N4O3/c1-24-14(28)8-2-7(18)3-9(17)13(8)25-15(29)10-4-12(30-6-16(21,22)23)26-27(10)5-11(19)20/h2-4,11H,5-6H2,1H3,(H,24,28)(H,25,29). The van der Waals surface area contributed by atoms with Crippen molar-refractivity contribution in [3.05, 3.63) is 39.0 Å². The fourth-order valence-corrected chi connectivity index (χ4v) is 3.17. The first-order chi connectivity index (χ1) is 13.9. The van der Waals surface area contributed by atoms with E-state index in [9.17, 15) is 31.5 Å². The molecule has 0 bridgehead atoms. The first kappa shape index (κ1) is 23.9. The van der Waals surface area contributed by atoms with E-state index in [4.69, 9.17) is 11.6 Å². The van der Waals surface area contributed by atoms with Crippen LogP contribution in [-0.2, 0) is 6.54 Å². The topological polar surface area (TPSA) is 85.2 Å². The molecule has 2 aromatic rings. The highest BCUT2D eigenvalue weighted by molar-refractivity contribution is 9.10. The van der Waals surface area contributed by atoms with Crippen LogP contribution in [0.25, 0.3) is 0 Å². The van der Waals surface area contributed by atoms with E-state index in [0.717, 1.165) is 6.07 Å². The average molecular weight is 520 g/mol. The predicted octanol–water partition coefficient (Wildman–Crippen LogP) is 4.12. The predicted molar refractivity (Wildman–Crippen MR) is 100 cm³/mol. The number of hydrogen-bond donors (Lipinski definition) is 2. The summed E-state index contributed by atoms with van der Waals surface area (Å²) in [6, 6.07) is 3.42. The van der Waals surface area contributed by atoms with Crippen molar-refractivity contribution in [2.45, 2.75) is 19.1 Å². The van der Waals surface area contributed by atoms with Crippen LogP contribution in [0.2, 0.25) is 5.02 Å². The number of aromatic nitrogens is 2. The van der Waals surface area contributed by atoms with E-state index in [2.05, 4.69) is 36.4 Å². The average Bonchev–Trinajstić information content (AvgIpc) is 3.02. The van der Waals surface area contributed by atoms with Crippen molar-refractivity contribution in [3.8, 4) is 5.88 Å². The monoisotopic (exact) mass is 518 g/mol. The van der Waals surface area contributed by atoms with E-state index in [1.165, 1.54) is 19.2 Å². The summed E-state index contributed by atoms with van der Waals surface area (Å²) < 4.78 is 67.7. The number of hydrogen-bond acceptors (Lipinski definition) is 4. The lowest BCUT2D eigenvalue weighted by Crippen LogP contribution is -2.24. The first-order valence-corrected chi connectivity index (χ1v) is 9.16. The van der Waals surface area contributed by atoms with Crippen molar-refractivity contribution in [2.24, 2.45) is 0 Å². The molecule has 2 amide bonds. The third-order valence-corrected chi connectivity index (χ3v) is 4.29. The number of alkyl halides is 5. The molecular formula is C16H13BrClF5N4O3. The Bertz CT molecular complexity index is 952. The minimum absolute atomic E-state index is 0.0358. The SMILES string of the molecule is CNC(=O)c1cc(Cl)cc(Br)c1NC(=O)c1cc(OCC(F)(F)F)nn1CC(F)F. The number of benzene rings is 1. The zero-order chi connectivity index (χ0) is 22.6. The minimum atomic E-state index is -4.69. The van der Waals surface area contributed by atoms with Crippen LogP contribution in [0.15, 0.2) is 22.7 Å². The summed E-state index contributed by atoms with van der Waals surface area (Å²) in [4.78, 5) is 24.7. The number of rotatable bonds is 7. The highest BCUT2D eigenvalue weighted by atomic mass is 79.9. The number of halogens is 7. The van der Waals surface area contributed by atoms with Gasteiger partial charge in [0.15, 0.2) is 6.61 Å². The molecule has 1 aromatic carbocycles. The van der Waals surface area contributed by atoms with Crippen molar-refractivity contribution in [1.29, 1.82) is 0 Å². The maximum absolute atomic E-state index is 12.8. The number of nitrogens with one attached hydrogen (secondary N) is 2. The van der Waals surface area contributed by atoms with Crippen molar-refractivity contribution < 1.29 is 36.3 Å². The maximum Gasteiger partial charge on any atom is 0.422 e. The van der Waals surface area contributed by atoms with E-state index in [1.807, 2.05) is 0 Å². The number of nitrogens with zero attached hydrogens (tertiary/aromatic N) is 2. The van der Waals surface area contributed by atoms with Gasteiger partial charge in [0.1, 0.15) is 12.2 Å². The Labute approximate surface area is 179 Å². The normalized spacial score (nSPS) is 11.5. The number of anilines is 1. The van der Waals surface area contributed by atoms with Crippen LogP contribution in [0.3, 0.4) is 0 Å². The first-order valence-electron chi connectivity index (χ1n) is 7.99. The van der Waals surface area contributed by atoms with Gasteiger partial charge in [-0.15, -0.1) is 5.10 Å². The van der Waals surface area contributed by atoms with Gasteiger partial charge >= 0.3 is 6.18 Å². The Hall–Kier alpha value is -2.41. The summed E-state index contributed by atoms with van der Waals surface area (Å²) in [5.74, 6) is -2.29. The Morgan fingerprint density at radius 3 is 2.50 bits per heavy atom. The van der Waals surface area contributed by atoms with Crippen molar-refractivity contribution in [3.63, 3.8) is 0 Å². The van der Waals surface area contributed by atoms with Gasteiger partial charge in [-0.1, -0.05) is 11.6 Å². The van der Waals surface area contributed by atoms with Crippen LogP contribution in [0.5, 0.6) is 5.88 Å². The molecule has 0 fully saturated rings. The van der Waals surface area contributed by atoms with Crippen molar-refractivity contribution >= 4 is 45.0 Å². The van der Waals surface area contributed by atoms with Gasteiger partial charge in [-0.2, -0.15) is 13.2 Å². The van der Waals surface area contributed by atoms with Gasteiger partial charge in [-0.3, -0.25) is 14.3 Å². The van der Waals surface area contributed by atoms with E-state index < -0.39 is 49.1 Å². The Kier molecular flexibility index (Phi) is 7.64. The summed E-state index contributed by atoms with van der Waals surface area (Å²) in [5.41, 5.74) is -0.581. The molecule has 2 N–H and O–H groups in total. The molecule has 0 aliphatic heterocycles. The third-order valence-electron chi connectivity index (χ3n) is 3.45. The van der Waals surface area contributed by atoms with E-state index >= 15 is 0 Å². The van der Waals surface area contributed by atoms with Crippen LogP contribution in [0.1, 0.15) is 20.8 Å². The molecule has 0 aliphatic carbocycles. The van der Waals surface area contributed by atoms with Crippen molar-refractivity contribution in [1.82, 2.24) is 15.1 Å². The molecule has 30 heavy (non-hydrogen) atoms. The largest absolute Gasteiger partial charge is 0.467 e. The maximum atomic E-state index is 12.8. The smallest absolute Gasteiger partial charge is 0.422 e. The Morgan fingerprint density at radius 1 is 1.27 bits per heavy atom. The fourth-order valence-electron chi connectivity index (χ4n) is 2.26. The molecule has 164 valence electrons. The Balaban J connectivity index is 2.38. The van der Waals surface area contributed by atoms with Gasteiger partial charge in [-0.05, 0) is 28.1 Å². The lowest BCUT2D eigenvalue weighted by molar-refractivity contribution is -0.154. The lowest BCUT2D eigenvalue weighted by atomic mass is 10.1. The molecule has 0 unspecified atom stereocenters. The van der Waals surface area contributed by atoms with Gasteiger partial charge in [-0.25, -0.2) is 8.78 Å². The highest BCUT2D eigenvalue weighted by Crippen LogP contribution is 2.31. The highest BCUT2D eigenvalue weighted by Gasteiger charge is 2.30. The summed E-state index contributed by atoms with van der Waals surface area (Å²) in [5, 5.41) is 8.33. The van der Waals surface area contributed by atoms with E-state index in [1.54, 1.807) is 0 Å². The second-order valence-corrected chi connectivity index (χ2v) is 6.98. The molecule has 0 saturated heterocycles. The molecule has 1 aromatic heterocycles. The number of carbonyl (C=O) groups excluding carboxylic acids is 2. The molecule has 2 rings (SSSR count). The van der Waals surface area contributed by atoms with Crippen LogP contribution in [-0.4, -0.2) is 47.9 Å². The third kappa shape index (κ3) is 6.29. The lowest BCUT2D eigenvalue weighted by Gasteiger charge is -2.13. The molecule has 1 heterocycles. The minimum Gasteiger partial charge on any atom is -0.467 e. The van der Waals surface area contributed by atoms with Crippen molar-refractivity contribution in [2.75, 3.05) is 19.0 Å². The van der Waals surface area contributed by atoms with Crippen LogP contribution in [0, 0.1) is 0 Å². The zero-order valence-corrected chi connectivity index (χ0v) is 17.3. The van der Waals surface area contributed by atoms with Gasteiger partial charge in [0.25, 0.3) is 18.2 Å². The molecule has 0 spiro atoms. The van der Waals surface area contributed by atoms with E-state index in [-0.39, 0.29) is 20.7 Å². The Morgan fingerprint density at radius 2 is 1.93 bits per heavy atom. The summed E-state index contributed by atoms with van der Waals surface area (Å²) >= 11 is 9.04. The molecular weight excluding hydrogens is 507 g/mol. The number of carbonyl (C=O) groups is 2. The zero-order valence-electron chi connectivity index (χ0n) is 15.0. The number of ether oxygens (including phenoxy) is 1. The van der Waals surface area contributed by atoms with Gasteiger partial charge in [0.2, 0.25) is 5.88 Å². The van der Waals surface area contributed by atoms with Gasteiger partial charge < -0.3 is 15.4 Å². The molecule has 0 atom stereocenters.